The molecule has 20 heavy (non-hydrogen) atoms. The Morgan fingerprint density at radius 1 is 1.40 bits per heavy atom. The Balaban J connectivity index is 3.25. The van der Waals surface area contributed by atoms with Crippen LogP contribution < -0.4 is 4.72 Å². The molecule has 5 nitrogen and oxygen atoms in total. The van der Waals surface area contributed by atoms with Crippen molar-refractivity contribution in [3.8, 4) is 6.07 Å². The fourth-order valence-corrected chi connectivity index (χ4v) is 4.55. The zero-order valence-corrected chi connectivity index (χ0v) is 15.2. The van der Waals surface area contributed by atoms with Crippen LogP contribution in [0.25, 0.3) is 0 Å². The molecule has 0 saturated carbocycles. The average molecular weight is 426 g/mol. The summed E-state index contributed by atoms with van der Waals surface area (Å²) in [5.74, 6) is 0. The number of rotatable bonds is 5. The number of benzene rings is 1. The molecule has 0 radical (unpaired) electrons. The lowest BCUT2D eigenvalue weighted by Crippen LogP contribution is -2.48. The van der Waals surface area contributed by atoms with Crippen LogP contribution in [0.5, 0.6) is 0 Å². The first-order valence-electron chi connectivity index (χ1n) is 5.55. The lowest BCUT2D eigenvalue weighted by atomic mass is 10.1. The first kappa shape index (κ1) is 17.6. The number of nitriles is 1. The molecule has 0 saturated heterocycles. The molecular weight excluding hydrogens is 412 g/mol. The molecule has 0 aliphatic heterocycles. The fourth-order valence-electron chi connectivity index (χ4n) is 1.56. The summed E-state index contributed by atoms with van der Waals surface area (Å²) in [6.45, 7) is 3.27. The SMILES string of the molecule is COC[C@](C)(C#N)NS(=O)(=O)c1cc(Br)c(C)cc1Br. The van der Waals surface area contributed by atoms with Gasteiger partial charge in [0.15, 0.2) is 0 Å². The van der Waals surface area contributed by atoms with E-state index < -0.39 is 15.6 Å². The summed E-state index contributed by atoms with van der Waals surface area (Å²) < 4.78 is 33.1. The van der Waals surface area contributed by atoms with Crippen LogP contribution in [-0.4, -0.2) is 27.7 Å². The lowest BCUT2D eigenvalue weighted by molar-refractivity contribution is 0.156. The van der Waals surface area contributed by atoms with Gasteiger partial charge in [-0.3, -0.25) is 0 Å². The van der Waals surface area contributed by atoms with Gasteiger partial charge < -0.3 is 4.74 Å². The Morgan fingerprint density at radius 3 is 2.50 bits per heavy atom. The van der Waals surface area contributed by atoms with Crippen LogP contribution in [0.3, 0.4) is 0 Å². The van der Waals surface area contributed by atoms with Gasteiger partial charge in [-0.2, -0.15) is 9.98 Å². The molecule has 0 aromatic heterocycles. The Hall–Kier alpha value is -0.460. The second-order valence-electron chi connectivity index (χ2n) is 4.51. The van der Waals surface area contributed by atoms with E-state index in [1.807, 2.05) is 13.0 Å². The van der Waals surface area contributed by atoms with E-state index in [1.165, 1.54) is 20.1 Å². The molecule has 1 N–H and O–H groups in total. The van der Waals surface area contributed by atoms with Crippen LogP contribution in [0.15, 0.2) is 26.0 Å². The average Bonchev–Trinajstić information content (AvgIpc) is 2.33. The van der Waals surface area contributed by atoms with Crippen LogP contribution in [0, 0.1) is 18.3 Å². The molecule has 0 bridgehead atoms. The van der Waals surface area contributed by atoms with Gasteiger partial charge in [0.2, 0.25) is 10.0 Å². The second-order valence-corrected chi connectivity index (χ2v) is 7.87. The fraction of sp³-hybridized carbons (Fsp3) is 0.417. The minimum absolute atomic E-state index is 0.0482. The molecule has 0 unspecified atom stereocenters. The van der Waals surface area contributed by atoms with Crippen molar-refractivity contribution in [2.75, 3.05) is 13.7 Å². The van der Waals surface area contributed by atoms with Crippen LogP contribution >= 0.6 is 31.9 Å². The van der Waals surface area contributed by atoms with Crippen molar-refractivity contribution < 1.29 is 13.2 Å². The minimum Gasteiger partial charge on any atom is -0.382 e. The lowest BCUT2D eigenvalue weighted by Gasteiger charge is -2.22. The molecule has 0 spiro atoms. The molecule has 0 amide bonds. The smallest absolute Gasteiger partial charge is 0.243 e. The highest BCUT2D eigenvalue weighted by Crippen LogP contribution is 2.29. The topological polar surface area (TPSA) is 79.2 Å². The van der Waals surface area contributed by atoms with Crippen molar-refractivity contribution in [2.24, 2.45) is 0 Å². The first-order valence-corrected chi connectivity index (χ1v) is 8.62. The third-order valence-corrected chi connectivity index (χ3v) is 5.95. The van der Waals surface area contributed by atoms with Crippen molar-refractivity contribution >= 4 is 41.9 Å². The van der Waals surface area contributed by atoms with E-state index in [4.69, 9.17) is 10.00 Å². The predicted molar refractivity (Wildman–Crippen MR) is 82.8 cm³/mol. The summed E-state index contributed by atoms with van der Waals surface area (Å²) in [6.07, 6.45) is 0. The maximum atomic E-state index is 12.4. The summed E-state index contributed by atoms with van der Waals surface area (Å²) >= 11 is 6.53. The minimum atomic E-state index is -3.85. The zero-order valence-electron chi connectivity index (χ0n) is 11.2. The van der Waals surface area contributed by atoms with Gasteiger partial charge in [0, 0.05) is 16.1 Å². The Bertz CT molecular complexity index is 655. The van der Waals surface area contributed by atoms with E-state index in [-0.39, 0.29) is 11.5 Å². The van der Waals surface area contributed by atoms with E-state index in [1.54, 1.807) is 6.07 Å². The number of nitrogens with one attached hydrogen (secondary N) is 1. The number of ether oxygens (including phenoxy) is 1. The number of methoxy groups -OCH3 is 1. The van der Waals surface area contributed by atoms with Gasteiger partial charge in [-0.15, -0.1) is 0 Å². The summed E-state index contributed by atoms with van der Waals surface area (Å²) in [5, 5.41) is 9.12. The standard InChI is InChI=1S/C12H14Br2N2O3S/c1-8-4-10(14)11(5-9(8)13)20(17,18)16-12(2,6-15)7-19-3/h4-5,16H,7H2,1-3H3/t12-/m0/s1. The van der Waals surface area contributed by atoms with Crippen LogP contribution in [0.2, 0.25) is 0 Å². The Labute approximate surface area is 135 Å². The summed E-state index contributed by atoms with van der Waals surface area (Å²) in [7, 11) is -2.45. The van der Waals surface area contributed by atoms with Gasteiger partial charge in [-0.1, -0.05) is 15.9 Å². The summed E-state index contributed by atoms with van der Waals surface area (Å²) in [5.41, 5.74) is -0.430. The van der Waals surface area contributed by atoms with Crippen LogP contribution in [0.4, 0.5) is 0 Å². The van der Waals surface area contributed by atoms with E-state index in [9.17, 15) is 8.42 Å². The van der Waals surface area contributed by atoms with Crippen molar-refractivity contribution in [1.82, 2.24) is 4.72 Å². The molecule has 1 aromatic rings. The van der Waals surface area contributed by atoms with E-state index in [0.717, 1.165) is 5.56 Å². The Kier molecular flexibility index (Phi) is 5.75. The highest BCUT2D eigenvalue weighted by Gasteiger charge is 2.32. The maximum Gasteiger partial charge on any atom is 0.243 e. The number of halogens is 2. The van der Waals surface area contributed by atoms with Crippen LogP contribution in [0.1, 0.15) is 12.5 Å². The highest BCUT2D eigenvalue weighted by molar-refractivity contribution is 9.11. The molecule has 0 aliphatic rings. The monoisotopic (exact) mass is 424 g/mol. The summed E-state index contributed by atoms with van der Waals surface area (Å²) in [6, 6.07) is 5.09. The quantitative estimate of drug-likeness (QED) is 0.786. The van der Waals surface area contributed by atoms with Crippen LogP contribution in [-0.2, 0) is 14.8 Å². The molecule has 0 aliphatic carbocycles. The van der Waals surface area contributed by atoms with E-state index in [2.05, 4.69) is 36.6 Å². The molecule has 1 rings (SSSR count). The van der Waals surface area contributed by atoms with Crippen molar-refractivity contribution in [3.63, 3.8) is 0 Å². The van der Waals surface area contributed by atoms with Crippen molar-refractivity contribution in [3.05, 3.63) is 26.6 Å². The first-order chi connectivity index (χ1) is 9.15. The Morgan fingerprint density at radius 2 is 2.00 bits per heavy atom. The second kappa shape index (κ2) is 6.54. The largest absolute Gasteiger partial charge is 0.382 e. The third-order valence-electron chi connectivity index (χ3n) is 2.54. The highest BCUT2D eigenvalue weighted by atomic mass is 79.9. The number of aryl methyl sites for hydroxylation is 1. The number of nitrogens with zero attached hydrogens (tertiary/aromatic N) is 1. The van der Waals surface area contributed by atoms with Gasteiger partial charge in [0.1, 0.15) is 5.54 Å². The summed E-state index contributed by atoms with van der Waals surface area (Å²) in [4.78, 5) is 0.0625. The molecule has 0 fully saturated rings. The number of hydrogen-bond acceptors (Lipinski definition) is 4. The van der Waals surface area contributed by atoms with Gasteiger partial charge in [0.05, 0.1) is 17.6 Å². The van der Waals surface area contributed by atoms with Gasteiger partial charge in [-0.25, -0.2) is 8.42 Å². The zero-order chi connectivity index (χ0) is 15.6. The van der Waals surface area contributed by atoms with Gasteiger partial charge in [-0.05, 0) is 47.5 Å². The molecule has 1 atom stereocenters. The van der Waals surface area contributed by atoms with Crippen molar-refractivity contribution in [2.45, 2.75) is 24.3 Å². The third kappa shape index (κ3) is 4.02. The normalized spacial score (nSPS) is 14.6. The van der Waals surface area contributed by atoms with Gasteiger partial charge in [0.25, 0.3) is 0 Å². The predicted octanol–water partition coefficient (Wildman–Crippen LogP) is 2.73. The van der Waals surface area contributed by atoms with E-state index >= 15 is 0 Å². The maximum absolute atomic E-state index is 12.4. The number of sulfonamides is 1. The number of hydrogen-bond donors (Lipinski definition) is 1. The molecule has 1 aromatic carbocycles. The van der Waals surface area contributed by atoms with Gasteiger partial charge >= 0.3 is 0 Å². The van der Waals surface area contributed by atoms with E-state index in [0.29, 0.717) is 8.95 Å². The molecule has 0 heterocycles. The van der Waals surface area contributed by atoms with Crippen molar-refractivity contribution in [1.29, 1.82) is 5.26 Å². The molecular formula is C12H14Br2N2O3S. The molecule has 110 valence electrons. The molecule has 8 heteroatoms.